The SMILES string of the molecule is Cc1ccc(CSc2nnc3n2CCN3c2ccc(F)cc2)cc1. The summed E-state index contributed by atoms with van der Waals surface area (Å²) in [4.78, 5) is 2.07. The molecule has 1 aliphatic rings. The average Bonchev–Trinajstić information content (AvgIpc) is 3.18. The number of hydrogen-bond donors (Lipinski definition) is 0. The van der Waals surface area contributed by atoms with E-state index in [-0.39, 0.29) is 5.82 Å². The summed E-state index contributed by atoms with van der Waals surface area (Å²) in [7, 11) is 0. The van der Waals surface area contributed by atoms with Gasteiger partial charge in [-0.3, -0.25) is 4.57 Å². The van der Waals surface area contributed by atoms with Crippen molar-refractivity contribution in [3.05, 3.63) is 65.5 Å². The fraction of sp³-hybridized carbons (Fsp3) is 0.222. The lowest BCUT2D eigenvalue weighted by atomic mass is 10.2. The number of aromatic nitrogens is 3. The highest BCUT2D eigenvalue weighted by atomic mass is 32.2. The summed E-state index contributed by atoms with van der Waals surface area (Å²) in [5, 5.41) is 9.58. The molecule has 0 N–H and O–H groups in total. The van der Waals surface area contributed by atoms with E-state index < -0.39 is 0 Å². The zero-order valence-electron chi connectivity index (χ0n) is 13.3. The summed E-state index contributed by atoms with van der Waals surface area (Å²) >= 11 is 1.69. The van der Waals surface area contributed by atoms with E-state index >= 15 is 0 Å². The van der Waals surface area contributed by atoms with E-state index in [2.05, 4.69) is 50.9 Å². The van der Waals surface area contributed by atoms with Crippen molar-refractivity contribution in [1.29, 1.82) is 0 Å². The maximum Gasteiger partial charge on any atom is 0.232 e. The number of thioether (sulfide) groups is 1. The summed E-state index contributed by atoms with van der Waals surface area (Å²) in [6, 6.07) is 15.0. The Kier molecular flexibility index (Phi) is 3.98. The second kappa shape index (κ2) is 6.28. The van der Waals surface area contributed by atoms with Crippen LogP contribution in [-0.2, 0) is 12.3 Å². The molecule has 0 saturated carbocycles. The molecule has 0 aliphatic carbocycles. The van der Waals surface area contributed by atoms with Gasteiger partial charge in [-0.25, -0.2) is 4.39 Å². The van der Waals surface area contributed by atoms with Gasteiger partial charge in [0.25, 0.3) is 0 Å². The monoisotopic (exact) mass is 340 g/mol. The van der Waals surface area contributed by atoms with Crippen molar-refractivity contribution in [3.63, 3.8) is 0 Å². The standard InChI is InChI=1S/C18H17FN4S/c1-13-2-4-14(5-3-13)12-24-18-21-20-17-22(10-11-23(17)18)16-8-6-15(19)7-9-16/h2-9H,10-12H2,1H3. The second-order valence-corrected chi connectivity index (χ2v) is 6.78. The van der Waals surface area contributed by atoms with Gasteiger partial charge in [0.15, 0.2) is 5.16 Å². The molecule has 0 saturated heterocycles. The van der Waals surface area contributed by atoms with Gasteiger partial charge >= 0.3 is 0 Å². The smallest absolute Gasteiger partial charge is 0.232 e. The Hall–Kier alpha value is -2.34. The summed E-state index contributed by atoms with van der Waals surface area (Å²) in [6.07, 6.45) is 0. The molecule has 6 heteroatoms. The van der Waals surface area contributed by atoms with Gasteiger partial charge in [-0.15, -0.1) is 10.2 Å². The van der Waals surface area contributed by atoms with Crippen LogP contribution in [0.25, 0.3) is 0 Å². The van der Waals surface area contributed by atoms with Crippen LogP contribution in [0.15, 0.2) is 53.7 Å². The number of aryl methyl sites for hydroxylation is 1. The zero-order chi connectivity index (χ0) is 16.5. The predicted octanol–water partition coefficient (Wildman–Crippen LogP) is 4.17. The molecule has 4 nitrogen and oxygen atoms in total. The average molecular weight is 340 g/mol. The largest absolute Gasteiger partial charge is 0.309 e. The normalized spacial score (nSPS) is 13.3. The molecule has 0 unspecified atom stereocenters. The molecule has 122 valence electrons. The predicted molar refractivity (Wildman–Crippen MR) is 94.2 cm³/mol. The Morgan fingerprint density at radius 2 is 1.75 bits per heavy atom. The van der Waals surface area contributed by atoms with Crippen molar-refractivity contribution < 1.29 is 4.39 Å². The van der Waals surface area contributed by atoms with Gasteiger partial charge in [0.1, 0.15) is 5.82 Å². The number of anilines is 2. The third-order valence-corrected chi connectivity index (χ3v) is 5.15. The van der Waals surface area contributed by atoms with E-state index in [9.17, 15) is 4.39 Å². The number of halogens is 1. The Bertz CT molecular complexity index is 842. The lowest BCUT2D eigenvalue weighted by Gasteiger charge is -2.14. The van der Waals surface area contributed by atoms with Crippen molar-refractivity contribution in [1.82, 2.24) is 14.8 Å². The van der Waals surface area contributed by atoms with Crippen LogP contribution in [-0.4, -0.2) is 21.3 Å². The van der Waals surface area contributed by atoms with Crippen LogP contribution in [0.2, 0.25) is 0 Å². The first-order chi connectivity index (χ1) is 11.7. The van der Waals surface area contributed by atoms with E-state index in [0.717, 1.165) is 35.6 Å². The minimum atomic E-state index is -0.228. The number of fused-ring (bicyclic) bond motifs is 1. The van der Waals surface area contributed by atoms with Crippen LogP contribution in [0.1, 0.15) is 11.1 Å². The van der Waals surface area contributed by atoms with Crippen LogP contribution in [0, 0.1) is 12.7 Å². The maximum absolute atomic E-state index is 13.1. The van der Waals surface area contributed by atoms with Crippen LogP contribution in [0.4, 0.5) is 16.0 Å². The third-order valence-electron chi connectivity index (χ3n) is 4.11. The minimum Gasteiger partial charge on any atom is -0.309 e. The molecule has 24 heavy (non-hydrogen) atoms. The fourth-order valence-corrected chi connectivity index (χ4v) is 3.70. The van der Waals surface area contributed by atoms with Crippen LogP contribution >= 0.6 is 11.8 Å². The summed E-state index contributed by atoms with van der Waals surface area (Å²) in [6.45, 7) is 3.76. The number of hydrogen-bond acceptors (Lipinski definition) is 4. The minimum absolute atomic E-state index is 0.228. The molecule has 3 aromatic rings. The van der Waals surface area contributed by atoms with E-state index in [0.29, 0.717) is 0 Å². The van der Waals surface area contributed by atoms with Crippen molar-refractivity contribution in [2.75, 3.05) is 11.4 Å². The third kappa shape index (κ3) is 2.89. The van der Waals surface area contributed by atoms with E-state index in [1.165, 1.54) is 23.3 Å². The van der Waals surface area contributed by atoms with Crippen LogP contribution < -0.4 is 4.90 Å². The quantitative estimate of drug-likeness (QED) is 0.668. The lowest BCUT2D eigenvalue weighted by molar-refractivity contribution is 0.627. The molecule has 1 aliphatic heterocycles. The van der Waals surface area contributed by atoms with Crippen molar-refractivity contribution in [2.24, 2.45) is 0 Å². The number of rotatable bonds is 4. The zero-order valence-corrected chi connectivity index (χ0v) is 14.1. The topological polar surface area (TPSA) is 34.0 Å². The Labute approximate surface area is 144 Å². The summed E-state index contributed by atoms with van der Waals surface area (Å²) in [5.41, 5.74) is 3.48. The van der Waals surface area contributed by atoms with Gasteiger partial charge in [0, 0.05) is 24.5 Å². The maximum atomic E-state index is 13.1. The van der Waals surface area contributed by atoms with Gasteiger partial charge in [-0.2, -0.15) is 0 Å². The van der Waals surface area contributed by atoms with Gasteiger partial charge in [0.05, 0.1) is 0 Å². The van der Waals surface area contributed by atoms with Gasteiger partial charge in [-0.05, 0) is 36.8 Å². The first kappa shape index (κ1) is 15.2. The second-order valence-electron chi connectivity index (χ2n) is 5.84. The first-order valence-electron chi connectivity index (χ1n) is 7.85. The van der Waals surface area contributed by atoms with E-state index in [1.54, 1.807) is 23.9 Å². The van der Waals surface area contributed by atoms with Crippen molar-refractivity contribution in [3.8, 4) is 0 Å². The highest BCUT2D eigenvalue weighted by Crippen LogP contribution is 2.33. The fourth-order valence-electron chi connectivity index (χ4n) is 2.78. The molecule has 4 rings (SSSR count). The molecule has 0 amide bonds. The van der Waals surface area contributed by atoms with E-state index in [1.807, 2.05) is 0 Å². The highest BCUT2D eigenvalue weighted by molar-refractivity contribution is 7.98. The highest BCUT2D eigenvalue weighted by Gasteiger charge is 2.25. The Balaban J connectivity index is 1.51. The molecule has 0 spiro atoms. The van der Waals surface area contributed by atoms with Crippen molar-refractivity contribution >= 4 is 23.4 Å². The molecule has 0 radical (unpaired) electrons. The molecular weight excluding hydrogens is 323 g/mol. The summed E-state index contributed by atoms with van der Waals surface area (Å²) in [5.74, 6) is 1.47. The first-order valence-corrected chi connectivity index (χ1v) is 8.84. The van der Waals surface area contributed by atoms with Gasteiger partial charge < -0.3 is 4.90 Å². The Morgan fingerprint density at radius 1 is 1.00 bits per heavy atom. The van der Waals surface area contributed by atoms with Gasteiger partial charge in [-0.1, -0.05) is 41.6 Å². The molecule has 2 heterocycles. The number of benzene rings is 2. The molecule has 0 fully saturated rings. The van der Waals surface area contributed by atoms with Crippen molar-refractivity contribution in [2.45, 2.75) is 24.4 Å². The van der Waals surface area contributed by atoms with Gasteiger partial charge in [0.2, 0.25) is 5.95 Å². The molecule has 1 aromatic heterocycles. The molecular formula is C18H17FN4S. The molecule has 0 atom stereocenters. The van der Waals surface area contributed by atoms with Crippen LogP contribution in [0.3, 0.4) is 0 Å². The van der Waals surface area contributed by atoms with Crippen LogP contribution in [0.5, 0.6) is 0 Å². The lowest BCUT2D eigenvalue weighted by Crippen LogP contribution is -2.14. The Morgan fingerprint density at radius 3 is 2.50 bits per heavy atom. The summed E-state index contributed by atoms with van der Waals surface area (Å²) < 4.78 is 15.2. The molecule has 2 aromatic carbocycles. The molecule has 0 bridgehead atoms. The number of nitrogens with zero attached hydrogens (tertiary/aromatic N) is 4. The van der Waals surface area contributed by atoms with E-state index in [4.69, 9.17) is 0 Å².